The maximum atomic E-state index is 5.60. The zero-order valence-electron chi connectivity index (χ0n) is 9.46. The Morgan fingerprint density at radius 2 is 2.00 bits per heavy atom. The highest BCUT2D eigenvalue weighted by Crippen LogP contribution is 2.25. The van der Waals surface area contributed by atoms with Crippen molar-refractivity contribution in [3.8, 4) is 17.4 Å². The second-order valence-electron chi connectivity index (χ2n) is 3.37. The van der Waals surface area contributed by atoms with Crippen LogP contribution in [0.15, 0.2) is 36.8 Å². The van der Waals surface area contributed by atoms with E-state index in [9.17, 15) is 0 Å². The smallest absolute Gasteiger partial charge is 0.237 e. The van der Waals surface area contributed by atoms with Gasteiger partial charge in [0.05, 0.1) is 13.3 Å². The monoisotopic (exact) mass is 231 g/mol. The van der Waals surface area contributed by atoms with Gasteiger partial charge in [0.2, 0.25) is 5.88 Å². The standard InChI is InChI=1S/C12H13N3O2/c1-16-10-4-9(7-13)5-11(6-10)17-12-8-14-2-3-15-12/h2-6,8H,7,13H2,1H3. The summed E-state index contributed by atoms with van der Waals surface area (Å²) in [5.41, 5.74) is 6.53. The van der Waals surface area contributed by atoms with E-state index in [4.69, 9.17) is 15.2 Å². The van der Waals surface area contributed by atoms with Gasteiger partial charge in [0.25, 0.3) is 0 Å². The van der Waals surface area contributed by atoms with Gasteiger partial charge in [-0.15, -0.1) is 0 Å². The Balaban J connectivity index is 2.26. The van der Waals surface area contributed by atoms with Crippen LogP contribution in [0.1, 0.15) is 5.56 Å². The molecule has 5 heteroatoms. The van der Waals surface area contributed by atoms with Gasteiger partial charge < -0.3 is 15.2 Å². The van der Waals surface area contributed by atoms with Crippen LogP contribution in [-0.2, 0) is 6.54 Å². The Labute approximate surface area is 99.2 Å². The Kier molecular flexibility index (Phi) is 3.52. The fourth-order valence-electron chi connectivity index (χ4n) is 1.38. The number of nitrogens with two attached hydrogens (primary N) is 1. The van der Waals surface area contributed by atoms with Crippen LogP contribution in [0.4, 0.5) is 0 Å². The molecule has 0 aliphatic rings. The molecule has 1 aromatic carbocycles. The van der Waals surface area contributed by atoms with Crippen LogP contribution >= 0.6 is 0 Å². The van der Waals surface area contributed by atoms with E-state index in [1.54, 1.807) is 31.8 Å². The first-order valence-electron chi connectivity index (χ1n) is 5.13. The Morgan fingerprint density at radius 1 is 1.18 bits per heavy atom. The first kappa shape index (κ1) is 11.3. The van der Waals surface area contributed by atoms with E-state index in [1.165, 1.54) is 0 Å². The summed E-state index contributed by atoms with van der Waals surface area (Å²) < 4.78 is 10.7. The van der Waals surface area contributed by atoms with Gasteiger partial charge in [0, 0.05) is 25.0 Å². The van der Waals surface area contributed by atoms with Crippen LogP contribution in [0, 0.1) is 0 Å². The fourth-order valence-corrected chi connectivity index (χ4v) is 1.38. The van der Waals surface area contributed by atoms with Gasteiger partial charge in [-0.25, -0.2) is 4.98 Å². The average Bonchev–Trinajstić information content (AvgIpc) is 2.39. The lowest BCUT2D eigenvalue weighted by Gasteiger charge is -2.08. The summed E-state index contributed by atoms with van der Waals surface area (Å²) in [7, 11) is 1.60. The molecule has 1 aromatic heterocycles. The molecule has 2 aromatic rings. The van der Waals surface area contributed by atoms with Crippen molar-refractivity contribution in [2.75, 3.05) is 7.11 Å². The molecule has 0 radical (unpaired) electrons. The summed E-state index contributed by atoms with van der Waals surface area (Å²) >= 11 is 0. The Bertz CT molecular complexity index is 466. The second-order valence-corrected chi connectivity index (χ2v) is 3.37. The van der Waals surface area contributed by atoms with Gasteiger partial charge in [-0.1, -0.05) is 0 Å². The van der Waals surface area contributed by atoms with Crippen LogP contribution < -0.4 is 15.2 Å². The van der Waals surface area contributed by atoms with E-state index in [0.29, 0.717) is 23.9 Å². The molecule has 0 saturated heterocycles. The summed E-state index contributed by atoms with van der Waals surface area (Å²) in [5.74, 6) is 1.76. The van der Waals surface area contributed by atoms with Crippen molar-refractivity contribution >= 4 is 0 Å². The Hall–Kier alpha value is -2.14. The SMILES string of the molecule is COc1cc(CN)cc(Oc2cnccn2)c1. The predicted octanol–water partition coefficient (Wildman–Crippen LogP) is 1.74. The Morgan fingerprint density at radius 3 is 2.65 bits per heavy atom. The van der Waals surface area contributed by atoms with Gasteiger partial charge in [-0.05, 0) is 17.7 Å². The molecule has 0 aliphatic heterocycles. The average molecular weight is 231 g/mol. The van der Waals surface area contributed by atoms with Crippen LogP contribution in [0.5, 0.6) is 17.4 Å². The molecule has 0 spiro atoms. The summed E-state index contributed by atoms with van der Waals surface area (Å²) in [6.45, 7) is 0.425. The number of aromatic nitrogens is 2. The molecule has 0 fully saturated rings. The summed E-state index contributed by atoms with van der Waals surface area (Å²) in [5, 5.41) is 0. The number of ether oxygens (including phenoxy) is 2. The molecule has 88 valence electrons. The first-order chi connectivity index (χ1) is 8.31. The van der Waals surface area contributed by atoms with E-state index in [0.717, 1.165) is 5.56 Å². The lowest BCUT2D eigenvalue weighted by Crippen LogP contribution is -1.98. The third kappa shape index (κ3) is 2.92. The van der Waals surface area contributed by atoms with Crippen LogP contribution in [-0.4, -0.2) is 17.1 Å². The minimum atomic E-state index is 0.425. The third-order valence-electron chi connectivity index (χ3n) is 2.17. The van der Waals surface area contributed by atoms with Crippen molar-refractivity contribution in [1.82, 2.24) is 9.97 Å². The number of benzene rings is 1. The molecule has 2 rings (SSSR count). The van der Waals surface area contributed by atoms with Crippen molar-refractivity contribution in [3.63, 3.8) is 0 Å². The summed E-state index contributed by atoms with van der Waals surface area (Å²) in [6, 6.07) is 5.48. The largest absolute Gasteiger partial charge is 0.497 e. The van der Waals surface area contributed by atoms with Crippen molar-refractivity contribution < 1.29 is 9.47 Å². The van der Waals surface area contributed by atoms with Gasteiger partial charge in [-0.2, -0.15) is 0 Å². The number of hydrogen-bond donors (Lipinski definition) is 1. The zero-order chi connectivity index (χ0) is 12.1. The molecular formula is C12H13N3O2. The number of hydrogen-bond acceptors (Lipinski definition) is 5. The molecule has 5 nitrogen and oxygen atoms in total. The zero-order valence-corrected chi connectivity index (χ0v) is 9.46. The molecule has 17 heavy (non-hydrogen) atoms. The third-order valence-corrected chi connectivity index (χ3v) is 2.17. The topological polar surface area (TPSA) is 70.3 Å². The number of rotatable bonds is 4. The van der Waals surface area contributed by atoms with Crippen LogP contribution in [0.2, 0.25) is 0 Å². The highest BCUT2D eigenvalue weighted by atomic mass is 16.5. The normalized spacial score (nSPS) is 10.0. The van der Waals surface area contributed by atoms with E-state index in [-0.39, 0.29) is 0 Å². The molecule has 0 unspecified atom stereocenters. The number of nitrogens with zero attached hydrogens (tertiary/aromatic N) is 2. The highest BCUT2D eigenvalue weighted by Gasteiger charge is 2.03. The maximum absolute atomic E-state index is 5.60. The molecule has 2 N–H and O–H groups in total. The van der Waals surface area contributed by atoms with Gasteiger partial charge in [0.15, 0.2) is 0 Å². The van der Waals surface area contributed by atoms with Gasteiger partial charge in [-0.3, -0.25) is 4.98 Å². The molecule has 0 bridgehead atoms. The lowest BCUT2D eigenvalue weighted by atomic mass is 10.2. The van der Waals surface area contributed by atoms with E-state index < -0.39 is 0 Å². The summed E-state index contributed by atoms with van der Waals surface area (Å²) in [6.07, 6.45) is 4.70. The highest BCUT2D eigenvalue weighted by molar-refractivity contribution is 5.39. The maximum Gasteiger partial charge on any atom is 0.237 e. The van der Waals surface area contributed by atoms with Gasteiger partial charge >= 0.3 is 0 Å². The fraction of sp³-hybridized carbons (Fsp3) is 0.167. The molecular weight excluding hydrogens is 218 g/mol. The lowest BCUT2D eigenvalue weighted by molar-refractivity contribution is 0.406. The predicted molar refractivity (Wildman–Crippen MR) is 63.0 cm³/mol. The van der Waals surface area contributed by atoms with E-state index >= 15 is 0 Å². The van der Waals surface area contributed by atoms with Gasteiger partial charge in [0.1, 0.15) is 11.5 Å². The van der Waals surface area contributed by atoms with Crippen molar-refractivity contribution in [2.24, 2.45) is 5.73 Å². The minimum absolute atomic E-state index is 0.425. The molecule has 0 atom stereocenters. The number of methoxy groups -OCH3 is 1. The molecule has 0 aliphatic carbocycles. The molecule has 0 saturated carbocycles. The van der Waals surface area contributed by atoms with Crippen molar-refractivity contribution in [3.05, 3.63) is 42.4 Å². The second kappa shape index (κ2) is 5.27. The molecule has 0 amide bonds. The van der Waals surface area contributed by atoms with E-state index in [1.807, 2.05) is 12.1 Å². The van der Waals surface area contributed by atoms with Crippen molar-refractivity contribution in [1.29, 1.82) is 0 Å². The van der Waals surface area contributed by atoms with Crippen molar-refractivity contribution in [2.45, 2.75) is 6.54 Å². The molecule has 1 heterocycles. The van der Waals surface area contributed by atoms with Crippen LogP contribution in [0.25, 0.3) is 0 Å². The van der Waals surface area contributed by atoms with Crippen LogP contribution in [0.3, 0.4) is 0 Å². The first-order valence-corrected chi connectivity index (χ1v) is 5.13. The minimum Gasteiger partial charge on any atom is -0.497 e. The summed E-state index contributed by atoms with van der Waals surface area (Å²) in [4.78, 5) is 7.95. The van der Waals surface area contributed by atoms with E-state index in [2.05, 4.69) is 9.97 Å². The quantitative estimate of drug-likeness (QED) is 0.867.